The third kappa shape index (κ3) is 5.60. The van der Waals surface area contributed by atoms with E-state index >= 15 is 0 Å². The molecule has 33 heavy (non-hydrogen) atoms. The minimum Gasteiger partial charge on any atom is -0.351 e. The van der Waals surface area contributed by atoms with Crippen LogP contribution in [0.5, 0.6) is 0 Å². The molecule has 6 heteroatoms. The molecule has 4 rings (SSSR count). The third-order valence-corrected chi connectivity index (χ3v) is 6.32. The Hall–Kier alpha value is -3.18. The molecule has 0 saturated heterocycles. The number of nitrogens with one attached hydrogen (secondary N) is 1. The quantitative estimate of drug-likeness (QED) is 0.472. The Balaban J connectivity index is 1.69. The van der Waals surface area contributed by atoms with Crippen LogP contribution in [0.25, 0.3) is 11.1 Å². The number of carbonyl (C=O) groups excluding carboxylic acids is 2. The Morgan fingerprint density at radius 1 is 0.939 bits per heavy atom. The number of amides is 2. The van der Waals surface area contributed by atoms with E-state index in [0.29, 0.717) is 11.3 Å². The number of anilines is 1. The molecule has 2 aromatic carbocycles. The molecule has 1 heterocycles. The summed E-state index contributed by atoms with van der Waals surface area (Å²) >= 11 is 6.01. The van der Waals surface area contributed by atoms with Gasteiger partial charge in [0.05, 0.1) is 0 Å². The number of pyridine rings is 1. The van der Waals surface area contributed by atoms with E-state index in [1.165, 1.54) is 11.3 Å². The minimum absolute atomic E-state index is 0.124. The molecule has 1 atom stereocenters. The number of hydrogen-bond acceptors (Lipinski definition) is 3. The van der Waals surface area contributed by atoms with Gasteiger partial charge in [0.2, 0.25) is 11.8 Å². The standard InChI is InChI=1S/C27H28ClN3O2/c28-18-25(32)31(24-15-13-21(14-16-24)20-8-3-1-4-9-20)26(22-10-7-17-29-19-22)27(33)30-23-11-5-2-6-12-23/h1,3-4,7-10,13-17,19,23,26H,2,5-6,11-12,18H2,(H,30,33). The zero-order valence-corrected chi connectivity index (χ0v) is 19.2. The highest BCUT2D eigenvalue weighted by Gasteiger charge is 2.33. The maximum absolute atomic E-state index is 13.6. The molecule has 0 aliphatic heterocycles. The smallest absolute Gasteiger partial charge is 0.248 e. The van der Waals surface area contributed by atoms with Crippen molar-refractivity contribution in [2.24, 2.45) is 0 Å². The zero-order chi connectivity index (χ0) is 23.0. The van der Waals surface area contributed by atoms with Crippen LogP contribution in [0.15, 0.2) is 79.1 Å². The van der Waals surface area contributed by atoms with E-state index in [-0.39, 0.29) is 23.7 Å². The molecule has 1 saturated carbocycles. The van der Waals surface area contributed by atoms with Crippen LogP contribution < -0.4 is 10.2 Å². The SMILES string of the molecule is O=C(NC1CCCCC1)C(c1cccnc1)N(C(=O)CCl)c1ccc(-c2ccccc2)cc1. The number of rotatable bonds is 7. The van der Waals surface area contributed by atoms with Crippen molar-refractivity contribution >= 4 is 29.1 Å². The van der Waals surface area contributed by atoms with Crippen LogP contribution in [0.2, 0.25) is 0 Å². The largest absolute Gasteiger partial charge is 0.351 e. The van der Waals surface area contributed by atoms with Gasteiger partial charge in [0.15, 0.2) is 0 Å². The summed E-state index contributed by atoms with van der Waals surface area (Å²) in [7, 11) is 0. The molecular weight excluding hydrogens is 434 g/mol. The van der Waals surface area contributed by atoms with Gasteiger partial charge in [0, 0.05) is 29.7 Å². The Labute approximate surface area is 199 Å². The average molecular weight is 462 g/mol. The van der Waals surface area contributed by atoms with Crippen molar-refractivity contribution in [1.29, 1.82) is 0 Å². The summed E-state index contributed by atoms with van der Waals surface area (Å²) in [6.07, 6.45) is 8.62. The summed E-state index contributed by atoms with van der Waals surface area (Å²) in [5.41, 5.74) is 3.38. The monoisotopic (exact) mass is 461 g/mol. The average Bonchev–Trinajstić information content (AvgIpc) is 2.88. The lowest BCUT2D eigenvalue weighted by Crippen LogP contribution is -2.47. The van der Waals surface area contributed by atoms with Gasteiger partial charge in [-0.3, -0.25) is 19.5 Å². The van der Waals surface area contributed by atoms with Crippen molar-refractivity contribution < 1.29 is 9.59 Å². The van der Waals surface area contributed by atoms with Gasteiger partial charge >= 0.3 is 0 Å². The summed E-state index contributed by atoms with van der Waals surface area (Å²) in [5.74, 6) is -0.772. The number of aromatic nitrogens is 1. The molecule has 5 nitrogen and oxygen atoms in total. The van der Waals surface area contributed by atoms with Gasteiger partial charge in [-0.2, -0.15) is 0 Å². The van der Waals surface area contributed by atoms with Crippen LogP contribution in [-0.2, 0) is 9.59 Å². The summed E-state index contributed by atoms with van der Waals surface area (Å²) < 4.78 is 0. The van der Waals surface area contributed by atoms with Gasteiger partial charge in [0.25, 0.3) is 0 Å². The highest BCUT2D eigenvalue weighted by molar-refractivity contribution is 6.29. The Bertz CT molecular complexity index is 1050. The number of nitrogens with zero attached hydrogens (tertiary/aromatic N) is 2. The van der Waals surface area contributed by atoms with Crippen molar-refractivity contribution in [2.75, 3.05) is 10.8 Å². The van der Waals surface area contributed by atoms with Crippen LogP contribution in [0.1, 0.15) is 43.7 Å². The first-order valence-corrected chi connectivity index (χ1v) is 11.9. The van der Waals surface area contributed by atoms with Crippen molar-refractivity contribution in [2.45, 2.75) is 44.2 Å². The van der Waals surface area contributed by atoms with Crippen molar-refractivity contribution in [3.05, 3.63) is 84.7 Å². The summed E-state index contributed by atoms with van der Waals surface area (Å²) in [5, 5.41) is 3.18. The van der Waals surface area contributed by atoms with Crippen molar-refractivity contribution in [3.8, 4) is 11.1 Å². The molecule has 2 amide bonds. The van der Waals surface area contributed by atoms with E-state index in [2.05, 4.69) is 10.3 Å². The maximum Gasteiger partial charge on any atom is 0.248 e. The molecule has 1 aromatic heterocycles. The van der Waals surface area contributed by atoms with E-state index in [0.717, 1.165) is 36.8 Å². The summed E-state index contributed by atoms with van der Waals surface area (Å²) in [6.45, 7) is 0. The fourth-order valence-electron chi connectivity index (χ4n) is 4.43. The molecule has 1 fully saturated rings. The lowest BCUT2D eigenvalue weighted by atomic mass is 9.94. The highest BCUT2D eigenvalue weighted by Crippen LogP contribution is 2.31. The highest BCUT2D eigenvalue weighted by atomic mass is 35.5. The number of alkyl halides is 1. The van der Waals surface area contributed by atoms with E-state index in [4.69, 9.17) is 11.6 Å². The van der Waals surface area contributed by atoms with E-state index in [9.17, 15) is 9.59 Å². The molecule has 0 radical (unpaired) electrons. The van der Waals surface area contributed by atoms with Gasteiger partial charge in [0.1, 0.15) is 11.9 Å². The second kappa shape index (κ2) is 11.1. The zero-order valence-electron chi connectivity index (χ0n) is 18.5. The van der Waals surface area contributed by atoms with E-state index in [1.54, 1.807) is 18.5 Å². The Morgan fingerprint density at radius 2 is 1.64 bits per heavy atom. The number of hydrogen-bond donors (Lipinski definition) is 1. The normalized spacial score (nSPS) is 14.9. The molecule has 0 bridgehead atoms. The van der Waals surface area contributed by atoms with Crippen LogP contribution in [0.4, 0.5) is 5.69 Å². The first-order chi connectivity index (χ1) is 16.2. The fraction of sp³-hybridized carbons (Fsp3) is 0.296. The van der Waals surface area contributed by atoms with E-state index in [1.807, 2.05) is 60.7 Å². The molecule has 1 aliphatic rings. The second-order valence-electron chi connectivity index (χ2n) is 8.34. The Kier molecular flexibility index (Phi) is 7.74. The topological polar surface area (TPSA) is 62.3 Å². The van der Waals surface area contributed by atoms with Crippen LogP contribution in [0, 0.1) is 0 Å². The second-order valence-corrected chi connectivity index (χ2v) is 8.61. The van der Waals surface area contributed by atoms with Crippen molar-refractivity contribution in [3.63, 3.8) is 0 Å². The fourth-order valence-corrected chi connectivity index (χ4v) is 4.56. The first-order valence-electron chi connectivity index (χ1n) is 11.4. The predicted octanol–water partition coefficient (Wildman–Crippen LogP) is 5.51. The molecule has 1 N–H and O–H groups in total. The molecule has 170 valence electrons. The van der Waals surface area contributed by atoms with Crippen LogP contribution in [-0.4, -0.2) is 28.7 Å². The minimum atomic E-state index is -0.852. The summed E-state index contributed by atoms with van der Waals surface area (Å²) in [6, 6.07) is 20.5. The molecule has 0 spiro atoms. The van der Waals surface area contributed by atoms with Gasteiger partial charge in [-0.1, -0.05) is 67.8 Å². The van der Waals surface area contributed by atoms with Gasteiger partial charge in [-0.25, -0.2) is 0 Å². The number of carbonyl (C=O) groups is 2. The third-order valence-electron chi connectivity index (χ3n) is 6.09. The molecule has 1 aliphatic carbocycles. The predicted molar refractivity (Wildman–Crippen MR) is 132 cm³/mol. The van der Waals surface area contributed by atoms with Gasteiger partial charge in [-0.05, 0) is 42.2 Å². The molecule has 3 aromatic rings. The van der Waals surface area contributed by atoms with Crippen LogP contribution >= 0.6 is 11.6 Å². The van der Waals surface area contributed by atoms with Crippen molar-refractivity contribution in [1.82, 2.24) is 10.3 Å². The van der Waals surface area contributed by atoms with Gasteiger partial charge in [-0.15, -0.1) is 11.6 Å². The first kappa shape index (κ1) is 23.0. The van der Waals surface area contributed by atoms with Gasteiger partial charge < -0.3 is 5.32 Å². The molecule has 1 unspecified atom stereocenters. The summed E-state index contributed by atoms with van der Waals surface area (Å²) in [4.78, 5) is 32.3. The lowest BCUT2D eigenvalue weighted by molar-refractivity contribution is -0.126. The van der Waals surface area contributed by atoms with E-state index < -0.39 is 6.04 Å². The maximum atomic E-state index is 13.6. The number of halogens is 1. The van der Waals surface area contributed by atoms with Crippen LogP contribution in [0.3, 0.4) is 0 Å². The number of benzene rings is 2. The lowest BCUT2D eigenvalue weighted by Gasteiger charge is -2.33. The molecular formula is C27H28ClN3O2. The Morgan fingerprint density at radius 3 is 2.27 bits per heavy atom.